The Morgan fingerprint density at radius 3 is 2.63 bits per heavy atom. The van der Waals surface area contributed by atoms with Crippen LogP contribution in [0.2, 0.25) is 0 Å². The number of carbonyl (C=O) groups is 1. The second kappa shape index (κ2) is 9.58. The van der Waals surface area contributed by atoms with Crippen LogP contribution in [-0.4, -0.2) is 41.5 Å². The van der Waals surface area contributed by atoms with Gasteiger partial charge >= 0.3 is 0 Å². The SMILES string of the molecule is COc1ccc(NC(=O)C2CCCN2Cc2cc([N+](=O)[O-])ccc2OC(C)C)cc1. The maximum atomic E-state index is 12.9. The van der Waals surface area contributed by atoms with Crippen molar-refractivity contribution in [3.8, 4) is 11.5 Å². The predicted octanol–water partition coefficient (Wildman–Crippen LogP) is 3.99. The van der Waals surface area contributed by atoms with E-state index >= 15 is 0 Å². The molecule has 30 heavy (non-hydrogen) atoms. The molecule has 1 fully saturated rings. The molecule has 2 aromatic rings. The van der Waals surface area contributed by atoms with Gasteiger partial charge in [0.15, 0.2) is 0 Å². The molecule has 0 saturated carbocycles. The van der Waals surface area contributed by atoms with E-state index in [1.165, 1.54) is 12.1 Å². The number of methoxy groups -OCH3 is 1. The molecule has 3 rings (SSSR count). The molecule has 0 spiro atoms. The third kappa shape index (κ3) is 5.27. The van der Waals surface area contributed by atoms with Gasteiger partial charge in [0.25, 0.3) is 5.69 Å². The first kappa shape index (κ1) is 21.6. The second-order valence-electron chi connectivity index (χ2n) is 7.56. The quantitative estimate of drug-likeness (QED) is 0.519. The van der Waals surface area contributed by atoms with Crippen molar-refractivity contribution in [1.82, 2.24) is 4.90 Å². The van der Waals surface area contributed by atoms with E-state index in [0.717, 1.165) is 25.1 Å². The molecule has 1 aliphatic rings. The highest BCUT2D eigenvalue weighted by atomic mass is 16.6. The zero-order valence-electron chi connectivity index (χ0n) is 17.5. The minimum Gasteiger partial charge on any atom is -0.497 e. The smallest absolute Gasteiger partial charge is 0.270 e. The van der Waals surface area contributed by atoms with Crippen molar-refractivity contribution in [3.05, 3.63) is 58.1 Å². The summed E-state index contributed by atoms with van der Waals surface area (Å²) in [4.78, 5) is 25.7. The number of benzene rings is 2. The fourth-order valence-electron chi connectivity index (χ4n) is 3.60. The van der Waals surface area contributed by atoms with Crippen LogP contribution in [-0.2, 0) is 11.3 Å². The highest BCUT2D eigenvalue weighted by Crippen LogP contribution is 2.30. The molecule has 2 aromatic carbocycles. The van der Waals surface area contributed by atoms with Crippen LogP contribution >= 0.6 is 0 Å². The molecule has 1 heterocycles. The molecule has 1 atom stereocenters. The number of nitrogens with one attached hydrogen (secondary N) is 1. The summed E-state index contributed by atoms with van der Waals surface area (Å²) in [7, 11) is 1.59. The molecule has 1 N–H and O–H groups in total. The Morgan fingerprint density at radius 1 is 1.27 bits per heavy atom. The molecule has 0 bridgehead atoms. The minimum absolute atomic E-state index is 0.0135. The monoisotopic (exact) mass is 413 g/mol. The Balaban J connectivity index is 1.75. The molecule has 0 aromatic heterocycles. The van der Waals surface area contributed by atoms with Crippen molar-refractivity contribution in [2.24, 2.45) is 0 Å². The Kier molecular flexibility index (Phi) is 6.89. The Hall–Kier alpha value is -3.13. The van der Waals surface area contributed by atoms with Crippen molar-refractivity contribution in [3.63, 3.8) is 0 Å². The van der Waals surface area contributed by atoms with Gasteiger partial charge in [-0.15, -0.1) is 0 Å². The number of likely N-dealkylation sites (tertiary alicyclic amines) is 1. The van der Waals surface area contributed by atoms with Gasteiger partial charge in [-0.05, 0) is 63.6 Å². The van der Waals surface area contributed by atoms with Crippen molar-refractivity contribution in [2.45, 2.75) is 45.4 Å². The van der Waals surface area contributed by atoms with Gasteiger partial charge < -0.3 is 14.8 Å². The average Bonchev–Trinajstić information content (AvgIpc) is 3.17. The zero-order chi connectivity index (χ0) is 21.7. The van der Waals surface area contributed by atoms with Crippen LogP contribution in [0.15, 0.2) is 42.5 Å². The van der Waals surface area contributed by atoms with Crippen LogP contribution < -0.4 is 14.8 Å². The summed E-state index contributed by atoms with van der Waals surface area (Å²) in [5.41, 5.74) is 1.42. The topological polar surface area (TPSA) is 93.9 Å². The zero-order valence-corrected chi connectivity index (χ0v) is 17.5. The number of nitro benzene ring substituents is 1. The predicted molar refractivity (Wildman–Crippen MR) is 114 cm³/mol. The van der Waals surface area contributed by atoms with Crippen LogP contribution in [0.1, 0.15) is 32.3 Å². The highest BCUT2D eigenvalue weighted by molar-refractivity contribution is 5.95. The fraction of sp³-hybridized carbons (Fsp3) is 0.409. The molecule has 1 amide bonds. The molecule has 1 aliphatic heterocycles. The highest BCUT2D eigenvalue weighted by Gasteiger charge is 2.31. The summed E-state index contributed by atoms with van der Waals surface area (Å²) in [6, 6.07) is 11.5. The first-order chi connectivity index (χ1) is 14.4. The van der Waals surface area contributed by atoms with Crippen molar-refractivity contribution >= 4 is 17.3 Å². The van der Waals surface area contributed by atoms with Gasteiger partial charge in [-0.2, -0.15) is 0 Å². The minimum atomic E-state index is -0.416. The van der Waals surface area contributed by atoms with E-state index in [9.17, 15) is 14.9 Å². The van der Waals surface area contributed by atoms with E-state index in [2.05, 4.69) is 5.32 Å². The largest absolute Gasteiger partial charge is 0.497 e. The number of ether oxygens (including phenoxy) is 2. The Bertz CT molecular complexity index is 898. The number of nitrogens with zero attached hydrogens (tertiary/aromatic N) is 2. The third-order valence-corrected chi connectivity index (χ3v) is 5.01. The summed E-state index contributed by atoms with van der Waals surface area (Å²) in [6.45, 7) is 4.97. The third-order valence-electron chi connectivity index (χ3n) is 5.01. The summed E-state index contributed by atoms with van der Waals surface area (Å²) in [5.74, 6) is 1.24. The van der Waals surface area contributed by atoms with E-state index in [1.54, 1.807) is 37.4 Å². The van der Waals surface area contributed by atoms with E-state index in [4.69, 9.17) is 9.47 Å². The number of rotatable bonds is 8. The van der Waals surface area contributed by atoms with Crippen molar-refractivity contribution in [2.75, 3.05) is 19.0 Å². The normalized spacial score (nSPS) is 16.5. The number of nitro groups is 1. The molecular weight excluding hydrogens is 386 g/mol. The van der Waals surface area contributed by atoms with Crippen LogP contribution in [0, 0.1) is 10.1 Å². The Morgan fingerprint density at radius 2 is 2.00 bits per heavy atom. The lowest BCUT2D eigenvalue weighted by Crippen LogP contribution is -2.39. The standard InChI is InChI=1S/C22H27N3O5/c1-15(2)30-21-11-8-18(25(27)28)13-16(21)14-24-12-4-5-20(24)22(26)23-17-6-9-19(29-3)10-7-17/h6-11,13,15,20H,4-5,12,14H2,1-3H3,(H,23,26). The van der Waals surface area contributed by atoms with Gasteiger partial charge in [-0.25, -0.2) is 0 Å². The lowest BCUT2D eigenvalue weighted by atomic mass is 10.1. The summed E-state index contributed by atoms with van der Waals surface area (Å²) in [6.07, 6.45) is 1.56. The molecule has 0 aliphatic carbocycles. The number of anilines is 1. The van der Waals surface area contributed by atoms with Crippen LogP contribution in [0.25, 0.3) is 0 Å². The lowest BCUT2D eigenvalue weighted by Gasteiger charge is -2.25. The van der Waals surface area contributed by atoms with Gasteiger partial charge in [-0.3, -0.25) is 19.8 Å². The van der Waals surface area contributed by atoms with E-state index in [-0.39, 0.29) is 23.7 Å². The molecule has 8 heteroatoms. The van der Waals surface area contributed by atoms with Gasteiger partial charge in [-0.1, -0.05) is 0 Å². The molecular formula is C22H27N3O5. The maximum Gasteiger partial charge on any atom is 0.270 e. The molecule has 8 nitrogen and oxygen atoms in total. The summed E-state index contributed by atoms with van der Waals surface area (Å²) < 4.78 is 11.0. The van der Waals surface area contributed by atoms with Gasteiger partial charge in [0.1, 0.15) is 11.5 Å². The Labute approximate surface area is 175 Å². The van der Waals surface area contributed by atoms with E-state index in [1.807, 2.05) is 18.7 Å². The number of carbonyl (C=O) groups excluding carboxylic acids is 1. The first-order valence-electron chi connectivity index (χ1n) is 10.0. The average molecular weight is 413 g/mol. The molecule has 160 valence electrons. The van der Waals surface area contributed by atoms with Crippen molar-refractivity contribution < 1.29 is 19.2 Å². The maximum absolute atomic E-state index is 12.9. The molecule has 1 saturated heterocycles. The first-order valence-corrected chi connectivity index (χ1v) is 10.0. The van der Waals surface area contributed by atoms with Gasteiger partial charge in [0.05, 0.1) is 24.2 Å². The second-order valence-corrected chi connectivity index (χ2v) is 7.56. The van der Waals surface area contributed by atoms with Crippen LogP contribution in [0.3, 0.4) is 0 Å². The van der Waals surface area contributed by atoms with E-state index in [0.29, 0.717) is 23.5 Å². The van der Waals surface area contributed by atoms with Gasteiger partial charge in [0.2, 0.25) is 5.91 Å². The van der Waals surface area contributed by atoms with Crippen LogP contribution in [0.4, 0.5) is 11.4 Å². The van der Waals surface area contributed by atoms with E-state index < -0.39 is 4.92 Å². The summed E-state index contributed by atoms with van der Waals surface area (Å²) >= 11 is 0. The molecule has 1 unspecified atom stereocenters. The number of hydrogen-bond donors (Lipinski definition) is 1. The van der Waals surface area contributed by atoms with Crippen LogP contribution in [0.5, 0.6) is 11.5 Å². The number of amides is 1. The molecule has 0 radical (unpaired) electrons. The fourth-order valence-corrected chi connectivity index (χ4v) is 3.60. The number of non-ortho nitro benzene ring substituents is 1. The van der Waals surface area contributed by atoms with Crippen molar-refractivity contribution in [1.29, 1.82) is 0 Å². The lowest BCUT2D eigenvalue weighted by molar-refractivity contribution is -0.385. The van der Waals surface area contributed by atoms with Gasteiger partial charge in [0, 0.05) is 29.9 Å². The summed E-state index contributed by atoms with van der Waals surface area (Å²) in [5, 5.41) is 14.2. The number of hydrogen-bond acceptors (Lipinski definition) is 6.